The van der Waals surface area contributed by atoms with Gasteiger partial charge in [0, 0.05) is 5.88 Å². The normalized spacial score (nSPS) is 10.5. The highest BCUT2D eigenvalue weighted by atomic mass is 35.5. The zero-order valence-corrected chi connectivity index (χ0v) is 8.97. The molecule has 0 bridgehead atoms. The number of halogens is 1. The molecular weight excluding hydrogens is 208 g/mol. The molecule has 0 saturated carbocycles. The molecule has 0 heterocycles. The third kappa shape index (κ3) is 2.26. The maximum absolute atomic E-state index is 11.4. The van der Waals surface area contributed by atoms with Crippen molar-refractivity contribution >= 4 is 23.5 Å². The van der Waals surface area contributed by atoms with Gasteiger partial charge in [-0.3, -0.25) is 9.59 Å². The van der Waals surface area contributed by atoms with E-state index in [1.54, 1.807) is 0 Å². The van der Waals surface area contributed by atoms with Crippen LogP contribution >= 0.6 is 11.6 Å². The average Bonchev–Trinajstić information content (AvgIpc) is 2.23. The van der Waals surface area contributed by atoms with E-state index >= 15 is 0 Å². The Bertz CT molecular complexity index is 221. The van der Waals surface area contributed by atoms with Crippen LogP contribution in [0.5, 0.6) is 0 Å². The summed E-state index contributed by atoms with van der Waals surface area (Å²) in [6, 6.07) is 0. The first-order chi connectivity index (χ1) is 6.58. The van der Waals surface area contributed by atoms with Crippen LogP contribution < -0.4 is 0 Å². The Morgan fingerprint density at radius 3 is 2.00 bits per heavy atom. The van der Waals surface area contributed by atoms with Crippen LogP contribution in [0.15, 0.2) is 12.7 Å². The predicted molar refractivity (Wildman–Crippen MR) is 52.0 cm³/mol. The van der Waals surface area contributed by atoms with Crippen LogP contribution in [0.2, 0.25) is 0 Å². The molecule has 0 N–H and O–H groups in total. The molecule has 0 aromatic carbocycles. The Labute approximate surface area is 87.8 Å². The molecule has 0 aliphatic rings. The van der Waals surface area contributed by atoms with Crippen LogP contribution in [-0.2, 0) is 19.1 Å². The van der Waals surface area contributed by atoms with Gasteiger partial charge in [0.1, 0.15) is 0 Å². The summed E-state index contributed by atoms with van der Waals surface area (Å²) in [4.78, 5) is 22.8. The first-order valence-electron chi connectivity index (χ1n) is 3.95. The SMILES string of the molecule is C=CC(CCCl)(C(=O)OC)C(=O)OC. The quantitative estimate of drug-likeness (QED) is 0.302. The smallest absolute Gasteiger partial charge is 0.327 e. The summed E-state index contributed by atoms with van der Waals surface area (Å²) in [5, 5.41) is 0. The summed E-state index contributed by atoms with van der Waals surface area (Å²) in [6.07, 6.45) is 1.31. The first-order valence-corrected chi connectivity index (χ1v) is 4.49. The molecule has 4 nitrogen and oxygen atoms in total. The maximum atomic E-state index is 11.4. The van der Waals surface area contributed by atoms with Crippen molar-refractivity contribution in [2.24, 2.45) is 5.41 Å². The zero-order valence-electron chi connectivity index (χ0n) is 8.21. The Morgan fingerprint density at radius 1 is 1.36 bits per heavy atom. The van der Waals surface area contributed by atoms with Gasteiger partial charge in [0.15, 0.2) is 5.41 Å². The standard InChI is InChI=1S/C9H13ClO4/c1-4-9(5-6-10,7(11)13-2)8(12)14-3/h4H,1,5-6H2,2-3H3. The van der Waals surface area contributed by atoms with Crippen LogP contribution in [0.3, 0.4) is 0 Å². The van der Waals surface area contributed by atoms with Crippen molar-refractivity contribution in [3.05, 3.63) is 12.7 Å². The highest BCUT2D eigenvalue weighted by Gasteiger charge is 2.45. The second-order valence-electron chi connectivity index (χ2n) is 2.60. The minimum Gasteiger partial charge on any atom is -0.468 e. The van der Waals surface area contributed by atoms with E-state index in [0.29, 0.717) is 0 Å². The predicted octanol–water partition coefficient (Wildman–Crippen LogP) is 1.13. The zero-order chi connectivity index (χ0) is 11.2. The molecule has 0 aromatic heterocycles. The minimum absolute atomic E-state index is 0.109. The van der Waals surface area contributed by atoms with Gasteiger partial charge in [-0.25, -0.2) is 0 Å². The number of alkyl halides is 1. The van der Waals surface area contributed by atoms with Crippen LogP contribution in [0, 0.1) is 5.41 Å². The molecule has 0 radical (unpaired) electrons. The monoisotopic (exact) mass is 220 g/mol. The lowest BCUT2D eigenvalue weighted by molar-refractivity contribution is -0.165. The summed E-state index contributed by atoms with van der Waals surface area (Å²) >= 11 is 5.50. The summed E-state index contributed by atoms with van der Waals surface area (Å²) in [6.45, 7) is 3.43. The van der Waals surface area contributed by atoms with Crippen LogP contribution in [-0.4, -0.2) is 32.0 Å². The summed E-state index contributed by atoms with van der Waals surface area (Å²) in [5.41, 5.74) is -1.48. The molecule has 5 heteroatoms. The number of ether oxygens (including phenoxy) is 2. The van der Waals surface area contributed by atoms with Gasteiger partial charge in [0.25, 0.3) is 0 Å². The summed E-state index contributed by atoms with van der Waals surface area (Å²) in [5.74, 6) is -1.28. The maximum Gasteiger partial charge on any atom is 0.327 e. The Hall–Kier alpha value is -1.03. The lowest BCUT2D eigenvalue weighted by atomic mass is 9.85. The molecule has 0 rings (SSSR count). The number of methoxy groups -OCH3 is 2. The first kappa shape index (κ1) is 13.0. The van der Waals surface area contributed by atoms with E-state index in [4.69, 9.17) is 11.6 Å². The van der Waals surface area contributed by atoms with Crippen molar-refractivity contribution in [2.45, 2.75) is 6.42 Å². The Kier molecular flexibility index (Phi) is 5.23. The molecule has 0 aromatic rings. The van der Waals surface area contributed by atoms with Gasteiger partial charge in [-0.05, 0) is 6.42 Å². The molecule has 0 atom stereocenters. The number of esters is 2. The molecule has 0 aliphatic carbocycles. The third-order valence-electron chi connectivity index (χ3n) is 1.94. The minimum atomic E-state index is -1.48. The number of hydrogen-bond donors (Lipinski definition) is 0. The Balaban J connectivity index is 5.06. The average molecular weight is 221 g/mol. The fourth-order valence-corrected chi connectivity index (χ4v) is 1.37. The topological polar surface area (TPSA) is 52.6 Å². The molecule has 0 fully saturated rings. The molecule has 0 aliphatic heterocycles. The van der Waals surface area contributed by atoms with E-state index in [1.165, 1.54) is 20.3 Å². The van der Waals surface area contributed by atoms with Crippen molar-refractivity contribution in [1.29, 1.82) is 0 Å². The van der Waals surface area contributed by atoms with Gasteiger partial charge in [-0.1, -0.05) is 6.08 Å². The molecule has 0 spiro atoms. The van der Waals surface area contributed by atoms with E-state index in [1.807, 2.05) is 0 Å². The second kappa shape index (κ2) is 5.65. The summed E-state index contributed by atoms with van der Waals surface area (Å²) in [7, 11) is 2.38. The fraction of sp³-hybridized carbons (Fsp3) is 0.556. The molecule has 0 unspecified atom stereocenters. The van der Waals surface area contributed by atoms with Gasteiger partial charge >= 0.3 is 11.9 Å². The lowest BCUT2D eigenvalue weighted by Gasteiger charge is -2.23. The van der Waals surface area contributed by atoms with E-state index < -0.39 is 17.4 Å². The molecule has 14 heavy (non-hydrogen) atoms. The largest absolute Gasteiger partial charge is 0.468 e. The highest BCUT2D eigenvalue weighted by Crippen LogP contribution is 2.27. The molecule has 0 amide bonds. The van der Waals surface area contributed by atoms with E-state index in [0.717, 1.165) is 0 Å². The van der Waals surface area contributed by atoms with Gasteiger partial charge in [-0.15, -0.1) is 18.2 Å². The Morgan fingerprint density at radius 2 is 1.79 bits per heavy atom. The van der Waals surface area contributed by atoms with Gasteiger partial charge < -0.3 is 9.47 Å². The lowest BCUT2D eigenvalue weighted by Crippen LogP contribution is -2.39. The van der Waals surface area contributed by atoms with Crippen molar-refractivity contribution < 1.29 is 19.1 Å². The van der Waals surface area contributed by atoms with Crippen molar-refractivity contribution in [1.82, 2.24) is 0 Å². The van der Waals surface area contributed by atoms with Gasteiger partial charge in [-0.2, -0.15) is 0 Å². The second-order valence-corrected chi connectivity index (χ2v) is 2.98. The van der Waals surface area contributed by atoms with Crippen LogP contribution in [0.4, 0.5) is 0 Å². The van der Waals surface area contributed by atoms with Crippen LogP contribution in [0.1, 0.15) is 6.42 Å². The van der Waals surface area contributed by atoms with Crippen molar-refractivity contribution in [3.8, 4) is 0 Å². The molecule has 0 saturated heterocycles. The van der Waals surface area contributed by atoms with Gasteiger partial charge in [0.05, 0.1) is 14.2 Å². The van der Waals surface area contributed by atoms with Gasteiger partial charge in [0.2, 0.25) is 0 Å². The van der Waals surface area contributed by atoms with E-state index in [-0.39, 0.29) is 12.3 Å². The molecule has 80 valence electrons. The fourth-order valence-electron chi connectivity index (χ4n) is 1.07. The van der Waals surface area contributed by atoms with Crippen LogP contribution in [0.25, 0.3) is 0 Å². The number of carbonyl (C=O) groups is 2. The number of hydrogen-bond acceptors (Lipinski definition) is 4. The molecular formula is C9H13ClO4. The van der Waals surface area contributed by atoms with E-state index in [9.17, 15) is 9.59 Å². The van der Waals surface area contributed by atoms with E-state index in [2.05, 4.69) is 16.1 Å². The van der Waals surface area contributed by atoms with Crippen molar-refractivity contribution in [3.63, 3.8) is 0 Å². The summed E-state index contributed by atoms with van der Waals surface area (Å²) < 4.78 is 9.02. The highest BCUT2D eigenvalue weighted by molar-refractivity contribution is 6.18. The van der Waals surface area contributed by atoms with Crippen molar-refractivity contribution in [2.75, 3.05) is 20.1 Å². The third-order valence-corrected chi connectivity index (χ3v) is 2.13. The number of carbonyl (C=O) groups excluding carboxylic acids is 2. The number of rotatable bonds is 5.